The first-order valence-electron chi connectivity index (χ1n) is 5.92. The Kier molecular flexibility index (Phi) is 5.25. The monoisotopic (exact) mass is 266 g/mol. The van der Waals surface area contributed by atoms with Crippen LogP contribution in [0.25, 0.3) is 0 Å². The normalized spacial score (nSPS) is 11.9. The van der Waals surface area contributed by atoms with Gasteiger partial charge in [-0.3, -0.25) is 14.9 Å². The first-order valence-corrected chi connectivity index (χ1v) is 5.92. The number of carbonyl (C=O) groups is 1. The van der Waals surface area contributed by atoms with Crippen LogP contribution in [-0.2, 0) is 0 Å². The number of nitro benzene ring substituents is 1. The fraction of sp³-hybridized carbons (Fsp3) is 0.417. The second-order valence-electron chi connectivity index (χ2n) is 4.40. The maximum absolute atomic E-state index is 11.0. The van der Waals surface area contributed by atoms with Crippen molar-refractivity contribution in [1.29, 1.82) is 0 Å². The minimum absolute atomic E-state index is 0.125. The van der Waals surface area contributed by atoms with E-state index in [-0.39, 0.29) is 11.3 Å². The summed E-state index contributed by atoms with van der Waals surface area (Å²) in [5.74, 6) is -0.362. The van der Waals surface area contributed by atoms with Crippen LogP contribution in [0.5, 0.6) is 0 Å². The Hall–Kier alpha value is -2.15. The average Bonchev–Trinajstić information content (AvgIpc) is 2.36. The summed E-state index contributed by atoms with van der Waals surface area (Å²) in [6.45, 7) is 3.42. The Morgan fingerprint density at radius 1 is 1.47 bits per heavy atom. The van der Waals surface area contributed by atoms with Crippen molar-refractivity contribution in [3.63, 3.8) is 0 Å². The molecule has 0 bridgehead atoms. The second-order valence-corrected chi connectivity index (χ2v) is 4.40. The van der Waals surface area contributed by atoms with Gasteiger partial charge in [0.2, 0.25) is 5.91 Å². The first-order chi connectivity index (χ1) is 8.95. The predicted molar refractivity (Wildman–Crippen MR) is 73.2 cm³/mol. The van der Waals surface area contributed by atoms with E-state index < -0.39 is 10.8 Å². The third-order valence-electron chi connectivity index (χ3n) is 2.67. The molecule has 0 spiro atoms. The molecule has 0 aliphatic heterocycles. The first kappa shape index (κ1) is 14.9. The number of rotatable bonds is 7. The molecular formula is C12H18N4O3. The Morgan fingerprint density at radius 2 is 2.16 bits per heavy atom. The molecule has 1 rings (SSSR count). The van der Waals surface area contributed by atoms with Crippen molar-refractivity contribution in [1.82, 2.24) is 5.32 Å². The second kappa shape index (κ2) is 6.69. The standard InChI is InChI=1S/C12H18N4O3/c1-8(6-14-2)7-15-10-4-3-9(12(13)17)5-11(10)16(18)19/h3-5,8,14-15H,6-7H2,1-2H3,(H2,13,17). The zero-order chi connectivity index (χ0) is 14.4. The summed E-state index contributed by atoms with van der Waals surface area (Å²) in [6, 6.07) is 4.16. The minimum Gasteiger partial charge on any atom is -0.379 e. The summed E-state index contributed by atoms with van der Waals surface area (Å²) in [6.07, 6.45) is 0. The van der Waals surface area contributed by atoms with E-state index in [0.717, 1.165) is 6.54 Å². The maximum Gasteiger partial charge on any atom is 0.293 e. The van der Waals surface area contributed by atoms with Gasteiger partial charge in [-0.15, -0.1) is 0 Å². The van der Waals surface area contributed by atoms with Crippen molar-refractivity contribution < 1.29 is 9.72 Å². The lowest BCUT2D eigenvalue weighted by Gasteiger charge is -2.13. The van der Waals surface area contributed by atoms with E-state index in [1.165, 1.54) is 18.2 Å². The van der Waals surface area contributed by atoms with Crippen molar-refractivity contribution in [3.8, 4) is 0 Å². The summed E-state index contributed by atoms with van der Waals surface area (Å²) >= 11 is 0. The van der Waals surface area contributed by atoms with E-state index in [0.29, 0.717) is 18.2 Å². The molecule has 7 heteroatoms. The van der Waals surface area contributed by atoms with E-state index in [2.05, 4.69) is 10.6 Å². The molecule has 0 radical (unpaired) electrons. The molecule has 0 heterocycles. The number of hydrogen-bond acceptors (Lipinski definition) is 5. The SMILES string of the molecule is CNCC(C)CNc1ccc(C(N)=O)cc1[N+](=O)[O-]. The van der Waals surface area contributed by atoms with Crippen molar-refractivity contribution in [3.05, 3.63) is 33.9 Å². The van der Waals surface area contributed by atoms with Gasteiger partial charge in [-0.05, 0) is 31.6 Å². The highest BCUT2D eigenvalue weighted by Crippen LogP contribution is 2.25. The molecule has 0 saturated heterocycles. The van der Waals surface area contributed by atoms with Crippen molar-refractivity contribution in [2.24, 2.45) is 11.7 Å². The van der Waals surface area contributed by atoms with Gasteiger partial charge >= 0.3 is 0 Å². The number of primary amides is 1. The Morgan fingerprint density at radius 3 is 2.68 bits per heavy atom. The van der Waals surface area contributed by atoms with Gasteiger partial charge in [-0.25, -0.2) is 0 Å². The molecule has 0 aromatic heterocycles. The molecule has 7 nitrogen and oxygen atoms in total. The van der Waals surface area contributed by atoms with E-state index in [9.17, 15) is 14.9 Å². The number of nitro groups is 1. The lowest BCUT2D eigenvalue weighted by atomic mass is 10.1. The van der Waals surface area contributed by atoms with Crippen LogP contribution < -0.4 is 16.4 Å². The highest BCUT2D eigenvalue weighted by atomic mass is 16.6. The van der Waals surface area contributed by atoms with E-state index in [1.54, 1.807) is 0 Å². The number of nitrogens with zero attached hydrogens (tertiary/aromatic N) is 1. The molecule has 0 fully saturated rings. The highest BCUT2D eigenvalue weighted by Gasteiger charge is 2.16. The quantitative estimate of drug-likeness (QED) is 0.503. The van der Waals surface area contributed by atoms with Crippen LogP contribution in [0.2, 0.25) is 0 Å². The summed E-state index contributed by atoms with van der Waals surface area (Å²) in [5, 5.41) is 17.0. The fourth-order valence-corrected chi connectivity index (χ4v) is 1.69. The van der Waals surface area contributed by atoms with Crippen molar-refractivity contribution in [2.75, 3.05) is 25.5 Å². The van der Waals surface area contributed by atoms with Crippen molar-refractivity contribution >= 4 is 17.3 Å². The van der Waals surface area contributed by atoms with Crippen LogP contribution in [0, 0.1) is 16.0 Å². The molecule has 0 saturated carbocycles. The molecule has 1 aromatic rings. The zero-order valence-corrected chi connectivity index (χ0v) is 11.0. The molecule has 1 aromatic carbocycles. The Balaban J connectivity index is 2.88. The molecule has 1 amide bonds. The molecule has 104 valence electrons. The smallest absolute Gasteiger partial charge is 0.293 e. The fourth-order valence-electron chi connectivity index (χ4n) is 1.69. The van der Waals surface area contributed by atoms with Gasteiger partial charge in [0.25, 0.3) is 5.69 Å². The summed E-state index contributed by atoms with van der Waals surface area (Å²) in [4.78, 5) is 21.4. The topological polar surface area (TPSA) is 110 Å². The van der Waals surface area contributed by atoms with Gasteiger partial charge < -0.3 is 16.4 Å². The molecule has 0 aliphatic rings. The van der Waals surface area contributed by atoms with E-state index >= 15 is 0 Å². The molecular weight excluding hydrogens is 248 g/mol. The third kappa shape index (κ3) is 4.22. The Bertz CT molecular complexity index is 476. The molecule has 1 unspecified atom stereocenters. The van der Waals surface area contributed by atoms with Gasteiger partial charge in [0.05, 0.1) is 4.92 Å². The molecule has 1 atom stereocenters. The van der Waals surface area contributed by atoms with Gasteiger partial charge in [0.1, 0.15) is 5.69 Å². The summed E-state index contributed by atoms with van der Waals surface area (Å²) in [5.41, 5.74) is 5.47. The van der Waals surface area contributed by atoms with E-state index in [4.69, 9.17) is 5.73 Å². The van der Waals surface area contributed by atoms with Gasteiger partial charge in [-0.1, -0.05) is 6.92 Å². The molecule has 19 heavy (non-hydrogen) atoms. The van der Waals surface area contributed by atoms with Crippen LogP contribution >= 0.6 is 0 Å². The van der Waals surface area contributed by atoms with Crippen LogP contribution in [0.3, 0.4) is 0 Å². The maximum atomic E-state index is 11.0. The Labute approximate surface area is 111 Å². The molecule has 4 N–H and O–H groups in total. The number of nitrogens with one attached hydrogen (secondary N) is 2. The van der Waals surface area contributed by atoms with Gasteiger partial charge in [0, 0.05) is 18.2 Å². The number of amides is 1. The highest BCUT2D eigenvalue weighted by molar-refractivity contribution is 5.94. The van der Waals surface area contributed by atoms with Crippen molar-refractivity contribution in [2.45, 2.75) is 6.92 Å². The average molecular weight is 266 g/mol. The summed E-state index contributed by atoms with van der Waals surface area (Å²) in [7, 11) is 1.85. The third-order valence-corrected chi connectivity index (χ3v) is 2.67. The van der Waals surface area contributed by atoms with Gasteiger partial charge in [0.15, 0.2) is 0 Å². The van der Waals surface area contributed by atoms with Crippen LogP contribution in [-0.4, -0.2) is 31.0 Å². The van der Waals surface area contributed by atoms with Gasteiger partial charge in [-0.2, -0.15) is 0 Å². The predicted octanol–water partition coefficient (Wildman–Crippen LogP) is 0.961. The lowest BCUT2D eigenvalue weighted by molar-refractivity contribution is -0.384. The zero-order valence-electron chi connectivity index (χ0n) is 11.0. The number of benzene rings is 1. The van der Waals surface area contributed by atoms with Crippen LogP contribution in [0.15, 0.2) is 18.2 Å². The lowest BCUT2D eigenvalue weighted by Crippen LogP contribution is -2.23. The number of carbonyl (C=O) groups excluding carboxylic acids is 1. The van der Waals surface area contributed by atoms with E-state index in [1.807, 2.05) is 14.0 Å². The summed E-state index contributed by atoms with van der Waals surface area (Å²) < 4.78 is 0. The largest absolute Gasteiger partial charge is 0.379 e. The van der Waals surface area contributed by atoms with Crippen LogP contribution in [0.4, 0.5) is 11.4 Å². The minimum atomic E-state index is -0.682. The number of nitrogens with two attached hydrogens (primary N) is 1. The van der Waals surface area contributed by atoms with Crippen LogP contribution in [0.1, 0.15) is 17.3 Å². The molecule has 0 aliphatic carbocycles. The number of anilines is 1. The number of hydrogen-bond donors (Lipinski definition) is 3.